The maximum Gasteiger partial charge on any atom is 0.181 e. The van der Waals surface area contributed by atoms with E-state index in [4.69, 9.17) is 16.9 Å². The van der Waals surface area contributed by atoms with Gasteiger partial charge in [-0.05, 0) is 18.6 Å². The van der Waals surface area contributed by atoms with Gasteiger partial charge in [-0.1, -0.05) is 37.1 Å². The minimum absolute atomic E-state index is 0.176. The van der Waals surface area contributed by atoms with Crippen LogP contribution in [-0.4, -0.2) is 5.78 Å². The molecule has 0 spiro atoms. The molecule has 78 valence electrons. The molecule has 1 aromatic carbocycles. The fourth-order valence-electron chi connectivity index (χ4n) is 1.39. The molecule has 0 radical (unpaired) electrons. The number of nitrogens with zero attached hydrogens (tertiary/aromatic N) is 1. The SMILES string of the molecule is CCCC(C#N)C(=O)c1ccccc1Cl. The average Bonchev–Trinajstić information content (AvgIpc) is 2.25. The van der Waals surface area contributed by atoms with Gasteiger partial charge >= 0.3 is 0 Å². The molecule has 1 rings (SSSR count). The van der Waals surface area contributed by atoms with Crippen molar-refractivity contribution in [2.24, 2.45) is 5.92 Å². The predicted octanol–water partition coefficient (Wildman–Crippen LogP) is 3.46. The van der Waals surface area contributed by atoms with Crippen LogP contribution in [0, 0.1) is 17.2 Å². The van der Waals surface area contributed by atoms with Crippen molar-refractivity contribution in [3.8, 4) is 6.07 Å². The molecule has 0 N–H and O–H groups in total. The highest BCUT2D eigenvalue weighted by Gasteiger charge is 2.20. The van der Waals surface area contributed by atoms with Gasteiger partial charge in [0.1, 0.15) is 5.92 Å². The quantitative estimate of drug-likeness (QED) is 0.731. The lowest BCUT2D eigenvalue weighted by atomic mass is 9.95. The maximum atomic E-state index is 11.9. The average molecular weight is 222 g/mol. The first-order valence-corrected chi connectivity index (χ1v) is 5.26. The molecule has 1 unspecified atom stereocenters. The van der Waals surface area contributed by atoms with E-state index in [2.05, 4.69) is 0 Å². The first-order valence-electron chi connectivity index (χ1n) is 4.89. The monoisotopic (exact) mass is 221 g/mol. The Morgan fingerprint density at radius 3 is 2.73 bits per heavy atom. The minimum atomic E-state index is -0.574. The van der Waals surface area contributed by atoms with E-state index in [0.29, 0.717) is 17.0 Å². The van der Waals surface area contributed by atoms with Gasteiger partial charge in [0.2, 0.25) is 0 Å². The van der Waals surface area contributed by atoms with Crippen molar-refractivity contribution in [3.05, 3.63) is 34.9 Å². The molecule has 0 heterocycles. The highest BCUT2D eigenvalue weighted by molar-refractivity contribution is 6.34. The van der Waals surface area contributed by atoms with E-state index in [9.17, 15) is 4.79 Å². The van der Waals surface area contributed by atoms with Crippen LogP contribution in [0.5, 0.6) is 0 Å². The number of Topliss-reactive ketones (excluding diaryl/α,β-unsaturated/α-hetero) is 1. The van der Waals surface area contributed by atoms with Crippen LogP contribution in [0.15, 0.2) is 24.3 Å². The Morgan fingerprint density at radius 1 is 1.53 bits per heavy atom. The summed E-state index contributed by atoms with van der Waals surface area (Å²) in [5, 5.41) is 9.28. The van der Waals surface area contributed by atoms with Crippen LogP contribution in [0.1, 0.15) is 30.1 Å². The van der Waals surface area contributed by atoms with E-state index in [1.165, 1.54) is 0 Å². The smallest absolute Gasteiger partial charge is 0.181 e. The van der Waals surface area contributed by atoms with Crippen LogP contribution in [0.2, 0.25) is 5.02 Å². The number of hydrogen-bond acceptors (Lipinski definition) is 2. The number of rotatable bonds is 4. The van der Waals surface area contributed by atoms with E-state index in [-0.39, 0.29) is 5.78 Å². The summed E-state index contributed by atoms with van der Waals surface area (Å²) in [6.45, 7) is 1.95. The van der Waals surface area contributed by atoms with Gasteiger partial charge in [0.05, 0.1) is 11.1 Å². The van der Waals surface area contributed by atoms with Gasteiger partial charge in [0, 0.05) is 5.56 Å². The van der Waals surface area contributed by atoms with Crippen molar-refractivity contribution >= 4 is 17.4 Å². The summed E-state index contributed by atoms with van der Waals surface area (Å²) in [5.41, 5.74) is 0.444. The first-order chi connectivity index (χ1) is 7.20. The van der Waals surface area contributed by atoms with Crippen molar-refractivity contribution in [3.63, 3.8) is 0 Å². The van der Waals surface area contributed by atoms with Crippen molar-refractivity contribution in [1.29, 1.82) is 5.26 Å². The summed E-state index contributed by atoms with van der Waals surface area (Å²) in [7, 11) is 0. The fraction of sp³-hybridized carbons (Fsp3) is 0.333. The topological polar surface area (TPSA) is 40.9 Å². The Balaban J connectivity index is 2.94. The third kappa shape index (κ3) is 2.81. The Morgan fingerprint density at radius 2 is 2.20 bits per heavy atom. The Bertz CT molecular complexity index is 395. The van der Waals surface area contributed by atoms with E-state index >= 15 is 0 Å². The second-order valence-corrected chi connectivity index (χ2v) is 3.72. The van der Waals surface area contributed by atoms with Crippen LogP contribution >= 0.6 is 11.6 Å². The molecule has 0 saturated carbocycles. The molecular weight excluding hydrogens is 210 g/mol. The molecule has 0 aliphatic carbocycles. The third-order valence-electron chi connectivity index (χ3n) is 2.19. The summed E-state index contributed by atoms with van der Waals surface area (Å²) in [6.07, 6.45) is 1.40. The molecule has 1 aromatic rings. The lowest BCUT2D eigenvalue weighted by Crippen LogP contribution is -2.13. The summed E-state index contributed by atoms with van der Waals surface area (Å²) in [5.74, 6) is -0.750. The molecule has 0 aliphatic rings. The Hall–Kier alpha value is -1.33. The van der Waals surface area contributed by atoms with Gasteiger partial charge in [-0.25, -0.2) is 0 Å². The van der Waals surface area contributed by atoms with Crippen molar-refractivity contribution in [1.82, 2.24) is 0 Å². The van der Waals surface area contributed by atoms with E-state index < -0.39 is 5.92 Å². The fourth-order valence-corrected chi connectivity index (χ4v) is 1.62. The number of ketones is 1. The zero-order valence-corrected chi connectivity index (χ0v) is 9.29. The maximum absolute atomic E-state index is 11.9. The largest absolute Gasteiger partial charge is 0.293 e. The van der Waals surface area contributed by atoms with E-state index in [1.54, 1.807) is 24.3 Å². The third-order valence-corrected chi connectivity index (χ3v) is 2.52. The summed E-state index contributed by atoms with van der Waals surface area (Å²) in [4.78, 5) is 11.9. The van der Waals surface area contributed by atoms with Crippen LogP contribution in [0.4, 0.5) is 0 Å². The molecule has 0 aliphatic heterocycles. The van der Waals surface area contributed by atoms with Crippen molar-refractivity contribution in [2.75, 3.05) is 0 Å². The van der Waals surface area contributed by atoms with E-state index in [0.717, 1.165) is 6.42 Å². The number of nitriles is 1. The molecule has 0 amide bonds. The zero-order valence-electron chi connectivity index (χ0n) is 8.53. The lowest BCUT2D eigenvalue weighted by molar-refractivity contribution is 0.0944. The lowest BCUT2D eigenvalue weighted by Gasteiger charge is -2.07. The summed E-state index contributed by atoms with van der Waals surface area (Å²) >= 11 is 5.89. The summed E-state index contributed by atoms with van der Waals surface area (Å²) < 4.78 is 0. The van der Waals surface area contributed by atoms with Gasteiger partial charge in [-0.3, -0.25) is 4.79 Å². The molecule has 15 heavy (non-hydrogen) atoms. The molecule has 0 aromatic heterocycles. The molecule has 0 saturated heterocycles. The first kappa shape index (κ1) is 11.7. The standard InChI is InChI=1S/C12H12ClNO/c1-2-5-9(8-14)12(15)10-6-3-4-7-11(10)13/h3-4,6-7,9H,2,5H2,1H3. The molecule has 0 fully saturated rings. The molecule has 1 atom stereocenters. The Kier molecular flexibility index (Phi) is 4.33. The van der Waals surface area contributed by atoms with Gasteiger partial charge in [-0.2, -0.15) is 5.26 Å². The number of benzene rings is 1. The number of hydrogen-bond donors (Lipinski definition) is 0. The summed E-state index contributed by atoms with van der Waals surface area (Å²) in [6, 6.07) is 8.85. The van der Waals surface area contributed by atoms with Gasteiger partial charge < -0.3 is 0 Å². The second kappa shape index (κ2) is 5.53. The minimum Gasteiger partial charge on any atom is -0.293 e. The zero-order chi connectivity index (χ0) is 11.3. The highest BCUT2D eigenvalue weighted by Crippen LogP contribution is 2.20. The van der Waals surface area contributed by atoms with Crippen LogP contribution < -0.4 is 0 Å². The van der Waals surface area contributed by atoms with Gasteiger partial charge in [0.15, 0.2) is 5.78 Å². The normalized spacial score (nSPS) is 11.8. The number of halogens is 1. The molecule has 3 heteroatoms. The van der Waals surface area contributed by atoms with Crippen LogP contribution in [0.3, 0.4) is 0 Å². The van der Waals surface area contributed by atoms with Crippen molar-refractivity contribution in [2.45, 2.75) is 19.8 Å². The predicted molar refractivity (Wildman–Crippen MR) is 59.8 cm³/mol. The van der Waals surface area contributed by atoms with Crippen LogP contribution in [0.25, 0.3) is 0 Å². The number of carbonyl (C=O) groups excluding carboxylic acids is 1. The molecular formula is C12H12ClNO. The van der Waals surface area contributed by atoms with E-state index in [1.807, 2.05) is 13.0 Å². The number of carbonyl (C=O) groups is 1. The van der Waals surface area contributed by atoms with Crippen molar-refractivity contribution < 1.29 is 4.79 Å². The molecule has 2 nitrogen and oxygen atoms in total. The molecule has 0 bridgehead atoms. The van der Waals surface area contributed by atoms with Gasteiger partial charge in [-0.15, -0.1) is 0 Å². The highest BCUT2D eigenvalue weighted by atomic mass is 35.5. The van der Waals surface area contributed by atoms with Gasteiger partial charge in [0.25, 0.3) is 0 Å². The Labute approximate surface area is 94.5 Å². The van der Waals surface area contributed by atoms with Crippen LogP contribution in [-0.2, 0) is 0 Å². The second-order valence-electron chi connectivity index (χ2n) is 3.31.